The van der Waals surface area contributed by atoms with Crippen LogP contribution in [-0.4, -0.2) is 34.9 Å². The molecule has 37 heavy (non-hydrogen) atoms. The molecular weight excluding hydrogens is 458 g/mol. The third kappa shape index (κ3) is 28.2. The van der Waals surface area contributed by atoms with Gasteiger partial charge in [-0.05, 0) is 19.3 Å². The average molecular weight is 526 g/mol. The summed E-state index contributed by atoms with van der Waals surface area (Å²) < 4.78 is 0. The van der Waals surface area contributed by atoms with Crippen LogP contribution in [0, 0.1) is 0 Å². The number of carbonyl (C=O) groups is 1. The van der Waals surface area contributed by atoms with Gasteiger partial charge in [-0.15, -0.1) is 0 Å². The number of unbranched alkanes of at least 4 members (excludes halogenated alkanes) is 22. The van der Waals surface area contributed by atoms with E-state index < -0.39 is 6.10 Å². The number of hydrogen-bond acceptors (Lipinski definition) is 3. The Labute approximate surface area is 232 Å². The molecular formula is C33H67NO3. The molecule has 4 nitrogen and oxygen atoms in total. The van der Waals surface area contributed by atoms with Crippen molar-refractivity contribution in [2.45, 2.75) is 199 Å². The molecule has 0 spiro atoms. The number of nitrogens with one attached hydrogen (secondary N) is 1. The van der Waals surface area contributed by atoms with Crippen molar-refractivity contribution < 1.29 is 15.0 Å². The van der Waals surface area contributed by atoms with E-state index >= 15 is 0 Å². The highest BCUT2D eigenvalue weighted by atomic mass is 16.3. The molecule has 2 atom stereocenters. The molecule has 0 aromatic carbocycles. The summed E-state index contributed by atoms with van der Waals surface area (Å²) in [6, 6.07) is -0.0183. The maximum atomic E-state index is 12.5. The van der Waals surface area contributed by atoms with E-state index in [0.29, 0.717) is 12.8 Å². The van der Waals surface area contributed by atoms with Crippen molar-refractivity contribution >= 4 is 5.91 Å². The number of carbonyl (C=O) groups excluding carboxylic acids is 1. The second kappa shape index (κ2) is 29.9. The van der Waals surface area contributed by atoms with Gasteiger partial charge in [0.2, 0.25) is 5.91 Å². The molecule has 3 N–H and O–H groups in total. The minimum atomic E-state index is -0.741. The molecule has 0 aliphatic rings. The van der Waals surface area contributed by atoms with Crippen LogP contribution < -0.4 is 5.32 Å². The van der Waals surface area contributed by atoms with Gasteiger partial charge in [-0.3, -0.25) is 4.79 Å². The normalized spacial score (nSPS) is 13.1. The second-order valence-corrected chi connectivity index (χ2v) is 11.7. The Kier molecular flexibility index (Phi) is 29.4. The van der Waals surface area contributed by atoms with Crippen LogP contribution in [0.1, 0.15) is 187 Å². The lowest BCUT2D eigenvalue weighted by Crippen LogP contribution is -2.38. The standard InChI is InChI=1S/C33H67NO3/c1-3-5-7-9-11-13-15-16-18-20-22-24-26-28-33(37)34-31(29-32(36)30-35)27-25-23-21-19-17-14-12-10-8-6-4-2/h31-32,35-36H,3-30H2,1-2H3,(H,34,37). The molecule has 2 unspecified atom stereocenters. The first-order chi connectivity index (χ1) is 18.1. The summed E-state index contributed by atoms with van der Waals surface area (Å²) in [5, 5.41) is 22.3. The predicted molar refractivity (Wildman–Crippen MR) is 161 cm³/mol. The summed E-state index contributed by atoms with van der Waals surface area (Å²) in [6.45, 7) is 4.30. The SMILES string of the molecule is CCCCCCCCCCCCCCCC(=O)NC(CCCCCCCCCCCCC)CC(O)CO. The molecule has 1 amide bonds. The maximum absolute atomic E-state index is 12.5. The van der Waals surface area contributed by atoms with Gasteiger partial charge in [-0.1, -0.05) is 162 Å². The highest BCUT2D eigenvalue weighted by Crippen LogP contribution is 2.15. The van der Waals surface area contributed by atoms with Crippen LogP contribution in [0.4, 0.5) is 0 Å². The van der Waals surface area contributed by atoms with Gasteiger partial charge in [0.25, 0.3) is 0 Å². The Morgan fingerprint density at radius 3 is 1.30 bits per heavy atom. The third-order valence-electron chi connectivity index (χ3n) is 7.80. The van der Waals surface area contributed by atoms with E-state index in [0.717, 1.165) is 25.7 Å². The molecule has 0 bridgehead atoms. The van der Waals surface area contributed by atoms with E-state index in [9.17, 15) is 15.0 Å². The van der Waals surface area contributed by atoms with Crippen LogP contribution in [0.5, 0.6) is 0 Å². The van der Waals surface area contributed by atoms with Crippen LogP contribution in [0.2, 0.25) is 0 Å². The Morgan fingerprint density at radius 1 is 0.568 bits per heavy atom. The van der Waals surface area contributed by atoms with Crippen molar-refractivity contribution in [1.82, 2.24) is 5.32 Å². The van der Waals surface area contributed by atoms with E-state index in [-0.39, 0.29) is 18.6 Å². The van der Waals surface area contributed by atoms with Crippen LogP contribution in [0.25, 0.3) is 0 Å². The van der Waals surface area contributed by atoms with Gasteiger partial charge in [-0.2, -0.15) is 0 Å². The Bertz CT molecular complexity index is 457. The van der Waals surface area contributed by atoms with Crippen molar-refractivity contribution in [3.8, 4) is 0 Å². The minimum absolute atomic E-state index is 0.0183. The number of amides is 1. The second-order valence-electron chi connectivity index (χ2n) is 11.7. The van der Waals surface area contributed by atoms with Crippen molar-refractivity contribution in [2.75, 3.05) is 6.61 Å². The van der Waals surface area contributed by atoms with Crippen LogP contribution >= 0.6 is 0 Å². The van der Waals surface area contributed by atoms with Gasteiger partial charge >= 0.3 is 0 Å². The number of rotatable bonds is 30. The maximum Gasteiger partial charge on any atom is 0.220 e. The summed E-state index contributed by atoms with van der Waals surface area (Å²) in [4.78, 5) is 12.5. The molecule has 0 aromatic heterocycles. The Hall–Kier alpha value is -0.610. The monoisotopic (exact) mass is 526 g/mol. The van der Waals surface area contributed by atoms with Gasteiger partial charge in [-0.25, -0.2) is 0 Å². The molecule has 0 fully saturated rings. The Morgan fingerprint density at radius 2 is 0.919 bits per heavy atom. The molecule has 0 saturated heterocycles. The number of aliphatic hydroxyl groups is 2. The van der Waals surface area contributed by atoms with E-state index in [2.05, 4.69) is 19.2 Å². The zero-order valence-electron chi connectivity index (χ0n) is 25.3. The molecule has 0 radical (unpaired) electrons. The van der Waals surface area contributed by atoms with Crippen LogP contribution in [-0.2, 0) is 4.79 Å². The van der Waals surface area contributed by atoms with E-state index in [4.69, 9.17) is 0 Å². The zero-order valence-corrected chi connectivity index (χ0v) is 25.3. The van der Waals surface area contributed by atoms with Crippen LogP contribution in [0.3, 0.4) is 0 Å². The van der Waals surface area contributed by atoms with E-state index in [1.165, 1.54) is 135 Å². The van der Waals surface area contributed by atoms with Crippen molar-refractivity contribution in [2.24, 2.45) is 0 Å². The van der Waals surface area contributed by atoms with Gasteiger partial charge in [0.15, 0.2) is 0 Å². The average Bonchev–Trinajstić information content (AvgIpc) is 2.89. The fraction of sp³-hybridized carbons (Fsp3) is 0.970. The minimum Gasteiger partial charge on any atom is -0.394 e. The summed E-state index contributed by atoms with van der Waals surface area (Å²) in [6.07, 6.45) is 32.6. The first-order valence-corrected chi connectivity index (χ1v) is 16.7. The molecule has 0 aliphatic carbocycles. The first-order valence-electron chi connectivity index (χ1n) is 16.7. The number of hydrogen-bond donors (Lipinski definition) is 3. The van der Waals surface area contributed by atoms with Crippen LogP contribution in [0.15, 0.2) is 0 Å². The molecule has 0 saturated carbocycles. The molecule has 0 aliphatic heterocycles. The molecule has 0 aromatic rings. The van der Waals surface area contributed by atoms with E-state index in [1.807, 2.05) is 0 Å². The quantitative estimate of drug-likeness (QED) is 0.0818. The van der Waals surface area contributed by atoms with Crippen molar-refractivity contribution in [3.05, 3.63) is 0 Å². The first kappa shape index (κ1) is 36.4. The smallest absolute Gasteiger partial charge is 0.220 e. The van der Waals surface area contributed by atoms with Crippen molar-refractivity contribution in [1.29, 1.82) is 0 Å². The van der Waals surface area contributed by atoms with Gasteiger partial charge < -0.3 is 15.5 Å². The Balaban J connectivity index is 3.76. The largest absolute Gasteiger partial charge is 0.394 e. The topological polar surface area (TPSA) is 69.6 Å². The highest BCUT2D eigenvalue weighted by molar-refractivity contribution is 5.76. The van der Waals surface area contributed by atoms with E-state index in [1.54, 1.807) is 0 Å². The molecule has 0 heterocycles. The van der Waals surface area contributed by atoms with Crippen molar-refractivity contribution in [3.63, 3.8) is 0 Å². The highest BCUT2D eigenvalue weighted by Gasteiger charge is 2.16. The summed E-state index contributed by atoms with van der Waals surface area (Å²) in [5.74, 6) is 0.112. The summed E-state index contributed by atoms with van der Waals surface area (Å²) in [7, 11) is 0. The lowest BCUT2D eigenvalue weighted by atomic mass is 10.00. The van der Waals surface area contributed by atoms with Gasteiger partial charge in [0.05, 0.1) is 12.7 Å². The van der Waals surface area contributed by atoms with Gasteiger partial charge in [0, 0.05) is 12.5 Å². The molecule has 0 rings (SSSR count). The fourth-order valence-corrected chi connectivity index (χ4v) is 5.31. The zero-order chi connectivity index (χ0) is 27.2. The predicted octanol–water partition coefficient (Wildman–Crippen LogP) is 9.40. The fourth-order valence-electron chi connectivity index (χ4n) is 5.31. The molecule has 222 valence electrons. The summed E-state index contributed by atoms with van der Waals surface area (Å²) >= 11 is 0. The third-order valence-corrected chi connectivity index (χ3v) is 7.80. The lowest BCUT2D eigenvalue weighted by molar-refractivity contribution is -0.122. The van der Waals surface area contributed by atoms with Gasteiger partial charge in [0.1, 0.15) is 0 Å². The summed E-state index contributed by atoms with van der Waals surface area (Å²) in [5.41, 5.74) is 0. The number of aliphatic hydroxyl groups excluding tert-OH is 2. The molecule has 4 heteroatoms. The lowest BCUT2D eigenvalue weighted by Gasteiger charge is -2.21.